The molecule has 140 valence electrons. The lowest BCUT2D eigenvalue weighted by molar-refractivity contribution is -0.123. The van der Waals surface area contributed by atoms with E-state index >= 15 is 0 Å². The van der Waals surface area contributed by atoms with Crippen LogP contribution in [0.15, 0.2) is 0 Å². The maximum Gasteiger partial charge on any atom is 0.221 e. The quantitative estimate of drug-likeness (QED) is 0.653. The van der Waals surface area contributed by atoms with Crippen LogP contribution >= 0.6 is 12.4 Å². The zero-order chi connectivity index (χ0) is 16.5. The smallest absolute Gasteiger partial charge is 0.221 e. The van der Waals surface area contributed by atoms with E-state index in [0.717, 1.165) is 25.9 Å². The second-order valence-electron chi connectivity index (χ2n) is 7.29. The molecule has 1 heterocycles. The zero-order valence-electron chi connectivity index (χ0n) is 14.9. The highest BCUT2D eigenvalue weighted by Gasteiger charge is 2.22. The minimum atomic E-state index is 0. The summed E-state index contributed by atoms with van der Waals surface area (Å²) in [7, 11) is 0. The molecule has 0 bridgehead atoms. The number of carbonyl (C=O) groups is 2. The summed E-state index contributed by atoms with van der Waals surface area (Å²) >= 11 is 0. The second kappa shape index (κ2) is 11.7. The van der Waals surface area contributed by atoms with E-state index in [0.29, 0.717) is 37.3 Å². The monoisotopic (exact) mass is 359 g/mol. The lowest BCUT2D eigenvalue weighted by Crippen LogP contribution is -2.39. The van der Waals surface area contributed by atoms with Gasteiger partial charge in [0.05, 0.1) is 0 Å². The van der Waals surface area contributed by atoms with Gasteiger partial charge in [-0.25, -0.2) is 0 Å². The molecule has 24 heavy (non-hydrogen) atoms. The number of nitrogens with one attached hydrogen (secondary N) is 3. The van der Waals surface area contributed by atoms with Crippen molar-refractivity contribution in [3.63, 3.8) is 0 Å². The van der Waals surface area contributed by atoms with Crippen molar-refractivity contribution in [2.45, 2.75) is 70.8 Å². The van der Waals surface area contributed by atoms with Gasteiger partial charge >= 0.3 is 0 Å². The van der Waals surface area contributed by atoms with Gasteiger partial charge < -0.3 is 16.0 Å². The Bertz CT molecular complexity index is 380. The lowest BCUT2D eigenvalue weighted by Gasteiger charge is -2.28. The van der Waals surface area contributed by atoms with Crippen LogP contribution in [0.25, 0.3) is 0 Å². The molecule has 2 fully saturated rings. The predicted molar refractivity (Wildman–Crippen MR) is 99.3 cm³/mol. The van der Waals surface area contributed by atoms with Gasteiger partial charge in [-0.3, -0.25) is 9.59 Å². The van der Waals surface area contributed by atoms with Crippen LogP contribution < -0.4 is 16.0 Å². The Morgan fingerprint density at radius 2 is 1.83 bits per heavy atom. The molecule has 3 N–H and O–H groups in total. The molecule has 1 saturated heterocycles. The summed E-state index contributed by atoms with van der Waals surface area (Å²) in [6.45, 7) is 4.74. The molecule has 2 atom stereocenters. The fraction of sp³-hybridized carbons (Fsp3) is 0.889. The number of amides is 2. The summed E-state index contributed by atoms with van der Waals surface area (Å²) in [5.74, 6) is 1.15. The first kappa shape index (κ1) is 21.2. The van der Waals surface area contributed by atoms with Gasteiger partial charge in [0, 0.05) is 25.4 Å². The van der Waals surface area contributed by atoms with E-state index in [1.165, 1.54) is 32.1 Å². The molecule has 0 aromatic heterocycles. The molecule has 2 amide bonds. The highest BCUT2D eigenvalue weighted by Crippen LogP contribution is 2.22. The molecule has 0 radical (unpaired) electrons. The summed E-state index contributed by atoms with van der Waals surface area (Å²) in [4.78, 5) is 23.9. The Kier molecular flexibility index (Phi) is 10.3. The molecule has 0 aromatic rings. The van der Waals surface area contributed by atoms with Gasteiger partial charge in [0.1, 0.15) is 0 Å². The molecule has 1 aliphatic heterocycles. The van der Waals surface area contributed by atoms with Crippen LogP contribution in [0.3, 0.4) is 0 Å². The van der Waals surface area contributed by atoms with Crippen molar-refractivity contribution in [3.05, 3.63) is 0 Å². The first-order chi connectivity index (χ1) is 11.1. The molecular weight excluding hydrogens is 326 g/mol. The third kappa shape index (κ3) is 7.84. The highest BCUT2D eigenvalue weighted by atomic mass is 35.5. The minimum Gasteiger partial charge on any atom is -0.356 e. The summed E-state index contributed by atoms with van der Waals surface area (Å²) in [6.07, 6.45) is 9.31. The van der Waals surface area contributed by atoms with Crippen molar-refractivity contribution in [1.82, 2.24) is 16.0 Å². The van der Waals surface area contributed by atoms with Gasteiger partial charge in [0.25, 0.3) is 0 Å². The van der Waals surface area contributed by atoms with Crippen LogP contribution in [0, 0.1) is 11.8 Å². The summed E-state index contributed by atoms with van der Waals surface area (Å²) < 4.78 is 0. The van der Waals surface area contributed by atoms with Crippen molar-refractivity contribution >= 4 is 24.2 Å². The fourth-order valence-electron chi connectivity index (χ4n) is 3.76. The van der Waals surface area contributed by atoms with E-state index in [9.17, 15) is 9.59 Å². The predicted octanol–water partition coefficient (Wildman–Crippen LogP) is 2.39. The number of hydrogen-bond donors (Lipinski definition) is 3. The summed E-state index contributed by atoms with van der Waals surface area (Å²) in [5.41, 5.74) is 0. The first-order valence-electron chi connectivity index (χ1n) is 9.42. The normalized spacial score (nSPS) is 23.0. The number of rotatable bonds is 7. The van der Waals surface area contributed by atoms with Crippen molar-refractivity contribution in [2.75, 3.05) is 19.6 Å². The van der Waals surface area contributed by atoms with E-state index in [2.05, 4.69) is 22.9 Å². The maximum atomic E-state index is 12.0. The molecule has 1 aliphatic carbocycles. The number of piperidine rings is 1. The van der Waals surface area contributed by atoms with Gasteiger partial charge in [-0.15, -0.1) is 12.4 Å². The maximum absolute atomic E-state index is 12.0. The molecule has 2 unspecified atom stereocenters. The largest absolute Gasteiger partial charge is 0.356 e. The van der Waals surface area contributed by atoms with Crippen molar-refractivity contribution < 1.29 is 9.59 Å². The van der Waals surface area contributed by atoms with Crippen LogP contribution in [-0.4, -0.2) is 37.5 Å². The lowest BCUT2D eigenvalue weighted by atomic mass is 9.85. The second-order valence-corrected chi connectivity index (χ2v) is 7.29. The molecule has 0 spiro atoms. The first-order valence-corrected chi connectivity index (χ1v) is 9.42. The third-order valence-corrected chi connectivity index (χ3v) is 5.29. The van der Waals surface area contributed by atoms with Gasteiger partial charge in [-0.1, -0.05) is 26.2 Å². The van der Waals surface area contributed by atoms with E-state index < -0.39 is 0 Å². The Hall–Kier alpha value is -0.810. The van der Waals surface area contributed by atoms with Crippen molar-refractivity contribution in [2.24, 2.45) is 11.8 Å². The van der Waals surface area contributed by atoms with E-state index in [1.54, 1.807) is 0 Å². The number of hydrogen-bond acceptors (Lipinski definition) is 3. The van der Waals surface area contributed by atoms with E-state index in [4.69, 9.17) is 0 Å². The molecular formula is C18H34ClN3O2. The van der Waals surface area contributed by atoms with Crippen molar-refractivity contribution in [3.8, 4) is 0 Å². The van der Waals surface area contributed by atoms with E-state index in [-0.39, 0.29) is 24.2 Å². The van der Waals surface area contributed by atoms with Crippen LogP contribution in [0.4, 0.5) is 0 Å². The molecule has 2 aliphatic rings. The molecule has 5 nitrogen and oxygen atoms in total. The molecule has 0 aromatic carbocycles. The average Bonchev–Trinajstić information content (AvgIpc) is 2.56. The van der Waals surface area contributed by atoms with Crippen LogP contribution in [-0.2, 0) is 9.59 Å². The fourth-order valence-corrected chi connectivity index (χ4v) is 3.76. The Morgan fingerprint density at radius 3 is 2.50 bits per heavy atom. The SMILES string of the molecule is CC(CC(=O)NCCC(=O)NC1CCCCC1)C1CCCNC1.Cl. The van der Waals surface area contributed by atoms with Gasteiger partial charge in [-0.2, -0.15) is 0 Å². The number of carbonyl (C=O) groups excluding carboxylic acids is 2. The molecule has 6 heteroatoms. The zero-order valence-corrected chi connectivity index (χ0v) is 15.8. The van der Waals surface area contributed by atoms with Crippen LogP contribution in [0.1, 0.15) is 64.7 Å². The van der Waals surface area contributed by atoms with Crippen LogP contribution in [0.5, 0.6) is 0 Å². The molecule has 1 saturated carbocycles. The average molecular weight is 360 g/mol. The number of halogens is 1. The Labute approximate surface area is 152 Å². The Morgan fingerprint density at radius 1 is 1.08 bits per heavy atom. The summed E-state index contributed by atoms with van der Waals surface area (Å²) in [5, 5.41) is 9.39. The highest BCUT2D eigenvalue weighted by molar-refractivity contribution is 5.85. The summed E-state index contributed by atoms with van der Waals surface area (Å²) in [6, 6.07) is 0.353. The third-order valence-electron chi connectivity index (χ3n) is 5.29. The van der Waals surface area contributed by atoms with E-state index in [1.807, 2.05) is 0 Å². The Balaban J connectivity index is 0.00000288. The van der Waals surface area contributed by atoms with Gasteiger partial charge in [0.15, 0.2) is 0 Å². The van der Waals surface area contributed by atoms with Crippen LogP contribution in [0.2, 0.25) is 0 Å². The topological polar surface area (TPSA) is 70.2 Å². The van der Waals surface area contributed by atoms with Crippen molar-refractivity contribution in [1.29, 1.82) is 0 Å². The minimum absolute atomic E-state index is 0. The van der Waals surface area contributed by atoms with Gasteiger partial charge in [-0.05, 0) is 50.6 Å². The standard InChI is InChI=1S/C18H33N3O2.ClH/c1-14(15-6-5-10-19-13-15)12-18(23)20-11-9-17(22)21-16-7-3-2-4-8-16;/h14-16,19H,2-13H2,1H3,(H,20,23)(H,21,22);1H. The molecule has 2 rings (SSSR count). The van der Waals surface area contributed by atoms with Gasteiger partial charge in [0.2, 0.25) is 11.8 Å².